The molecule has 0 radical (unpaired) electrons. The lowest BCUT2D eigenvalue weighted by atomic mass is 10.3. The van der Waals surface area contributed by atoms with Crippen molar-refractivity contribution in [2.45, 2.75) is 19.0 Å². The van der Waals surface area contributed by atoms with Crippen LogP contribution >= 0.6 is 0 Å². The van der Waals surface area contributed by atoms with Crippen molar-refractivity contribution >= 4 is 11.9 Å². The standard InChI is InChI=1S/C5H11NO3.C4H9NO3/c1-2-9-3-4(6)5(7)8;1-8-2-3(5)4(6)7/h4H,2-3,6H2,1H3,(H,7,8);3H,2,5H2,1H3,(H,6,7)/t4-;3-/m00/s1. The summed E-state index contributed by atoms with van der Waals surface area (Å²) in [6, 6.07) is -1.77. The molecule has 0 unspecified atom stereocenters. The van der Waals surface area contributed by atoms with E-state index in [0.29, 0.717) is 6.61 Å². The summed E-state index contributed by atoms with van der Waals surface area (Å²) in [4.78, 5) is 19.9. The van der Waals surface area contributed by atoms with E-state index in [-0.39, 0.29) is 13.2 Å². The molecule has 0 amide bonds. The third-order valence-corrected chi connectivity index (χ3v) is 1.48. The van der Waals surface area contributed by atoms with E-state index in [1.165, 1.54) is 7.11 Å². The zero-order valence-corrected chi connectivity index (χ0v) is 9.96. The largest absolute Gasteiger partial charge is 0.480 e. The maximum Gasteiger partial charge on any atom is 0.322 e. The molecule has 8 nitrogen and oxygen atoms in total. The van der Waals surface area contributed by atoms with E-state index in [2.05, 4.69) is 4.74 Å². The highest BCUT2D eigenvalue weighted by Gasteiger charge is 2.09. The van der Waals surface area contributed by atoms with Crippen molar-refractivity contribution in [2.24, 2.45) is 11.5 Å². The van der Waals surface area contributed by atoms with Crippen molar-refractivity contribution in [1.82, 2.24) is 0 Å². The van der Waals surface area contributed by atoms with Gasteiger partial charge in [0.2, 0.25) is 0 Å². The normalized spacial score (nSPS) is 13.2. The Morgan fingerprint density at radius 2 is 1.53 bits per heavy atom. The van der Waals surface area contributed by atoms with E-state index in [4.69, 9.17) is 26.4 Å². The van der Waals surface area contributed by atoms with Crippen LogP contribution in [0.25, 0.3) is 0 Å². The first-order valence-electron chi connectivity index (χ1n) is 4.90. The Hall–Kier alpha value is -1.22. The molecule has 17 heavy (non-hydrogen) atoms. The second kappa shape index (κ2) is 11.3. The van der Waals surface area contributed by atoms with Crippen LogP contribution in [0.4, 0.5) is 0 Å². The summed E-state index contributed by atoms with van der Waals surface area (Å²) in [5.41, 5.74) is 10.1. The van der Waals surface area contributed by atoms with Gasteiger partial charge >= 0.3 is 11.9 Å². The van der Waals surface area contributed by atoms with Crippen LogP contribution in [0.2, 0.25) is 0 Å². The molecular weight excluding hydrogens is 232 g/mol. The van der Waals surface area contributed by atoms with Crippen LogP contribution in [0.15, 0.2) is 0 Å². The molecule has 0 heterocycles. The maximum absolute atomic E-state index is 10.0. The molecule has 8 heteroatoms. The molecule has 0 spiro atoms. The van der Waals surface area contributed by atoms with Gasteiger partial charge in [0.1, 0.15) is 12.1 Å². The summed E-state index contributed by atoms with van der Waals surface area (Å²) in [6.07, 6.45) is 0. The van der Waals surface area contributed by atoms with Gasteiger partial charge in [0.25, 0.3) is 0 Å². The van der Waals surface area contributed by atoms with E-state index >= 15 is 0 Å². The summed E-state index contributed by atoms with van der Waals surface area (Å²) in [6.45, 7) is 2.44. The van der Waals surface area contributed by atoms with Crippen LogP contribution < -0.4 is 11.5 Å². The van der Waals surface area contributed by atoms with Gasteiger partial charge in [0, 0.05) is 13.7 Å². The summed E-state index contributed by atoms with van der Waals surface area (Å²) in [5.74, 6) is -2.06. The number of carboxylic acids is 2. The number of rotatable bonds is 7. The molecule has 0 rings (SSSR count). The topological polar surface area (TPSA) is 145 Å². The molecule has 0 aromatic carbocycles. The first-order chi connectivity index (χ1) is 7.86. The van der Waals surface area contributed by atoms with Gasteiger partial charge in [-0.15, -0.1) is 0 Å². The van der Waals surface area contributed by atoms with E-state index in [9.17, 15) is 9.59 Å². The van der Waals surface area contributed by atoms with Gasteiger partial charge in [0.15, 0.2) is 0 Å². The van der Waals surface area contributed by atoms with E-state index in [1.807, 2.05) is 0 Å². The van der Waals surface area contributed by atoms with Crippen molar-refractivity contribution in [1.29, 1.82) is 0 Å². The Labute approximate surface area is 99.5 Å². The maximum atomic E-state index is 10.0. The molecule has 0 saturated carbocycles. The molecule has 2 atom stereocenters. The monoisotopic (exact) mass is 252 g/mol. The summed E-state index contributed by atoms with van der Waals surface area (Å²) in [5, 5.41) is 16.3. The van der Waals surface area contributed by atoms with E-state index in [1.54, 1.807) is 6.92 Å². The van der Waals surface area contributed by atoms with Crippen molar-refractivity contribution < 1.29 is 29.3 Å². The molecule has 0 aliphatic heterocycles. The van der Waals surface area contributed by atoms with Gasteiger partial charge in [0.05, 0.1) is 13.2 Å². The molecule has 0 fully saturated rings. The van der Waals surface area contributed by atoms with E-state index < -0.39 is 24.0 Å². The highest BCUT2D eigenvalue weighted by molar-refractivity contribution is 5.73. The number of ether oxygens (including phenoxy) is 2. The molecule has 6 N–H and O–H groups in total. The highest BCUT2D eigenvalue weighted by Crippen LogP contribution is 1.80. The van der Waals surface area contributed by atoms with Crippen LogP contribution in [-0.2, 0) is 19.1 Å². The van der Waals surface area contributed by atoms with Gasteiger partial charge < -0.3 is 31.2 Å². The second-order valence-electron chi connectivity index (χ2n) is 3.00. The molecule has 0 aliphatic carbocycles. The van der Waals surface area contributed by atoms with Crippen LogP contribution in [0.5, 0.6) is 0 Å². The Morgan fingerprint density at radius 3 is 1.76 bits per heavy atom. The summed E-state index contributed by atoms with van der Waals surface area (Å²) >= 11 is 0. The van der Waals surface area contributed by atoms with Gasteiger partial charge in [-0.1, -0.05) is 0 Å². The van der Waals surface area contributed by atoms with Crippen molar-refractivity contribution in [3.63, 3.8) is 0 Å². The Morgan fingerprint density at radius 1 is 1.12 bits per heavy atom. The lowest BCUT2D eigenvalue weighted by molar-refractivity contribution is -0.140. The van der Waals surface area contributed by atoms with Gasteiger partial charge in [-0.05, 0) is 6.92 Å². The van der Waals surface area contributed by atoms with E-state index in [0.717, 1.165) is 0 Å². The number of methoxy groups -OCH3 is 1. The van der Waals surface area contributed by atoms with Crippen LogP contribution in [-0.4, -0.2) is 61.2 Å². The minimum Gasteiger partial charge on any atom is -0.480 e. The predicted molar refractivity (Wildman–Crippen MR) is 59.6 cm³/mol. The molecule has 0 aromatic rings. The first kappa shape index (κ1) is 18.2. The molecule has 0 aliphatic rings. The minimum absolute atomic E-state index is 0.0648. The second-order valence-corrected chi connectivity index (χ2v) is 3.00. The zero-order chi connectivity index (χ0) is 13.8. The van der Waals surface area contributed by atoms with Crippen molar-refractivity contribution in [3.05, 3.63) is 0 Å². The fraction of sp³-hybridized carbons (Fsp3) is 0.778. The summed E-state index contributed by atoms with van der Waals surface area (Å²) in [7, 11) is 1.41. The zero-order valence-electron chi connectivity index (χ0n) is 9.96. The Kier molecular flexibility index (Phi) is 12.0. The van der Waals surface area contributed by atoms with Crippen LogP contribution in [0.1, 0.15) is 6.92 Å². The first-order valence-corrected chi connectivity index (χ1v) is 4.90. The fourth-order valence-corrected chi connectivity index (χ4v) is 0.567. The minimum atomic E-state index is -1.04. The van der Waals surface area contributed by atoms with Crippen LogP contribution in [0, 0.1) is 0 Å². The number of nitrogens with two attached hydrogens (primary N) is 2. The number of aliphatic carboxylic acids is 2. The van der Waals surface area contributed by atoms with Gasteiger partial charge in [-0.25, -0.2) is 0 Å². The molecule has 0 bridgehead atoms. The summed E-state index contributed by atoms with van der Waals surface area (Å²) < 4.78 is 9.21. The number of carbonyl (C=O) groups is 2. The smallest absolute Gasteiger partial charge is 0.322 e. The Bertz CT molecular complexity index is 224. The van der Waals surface area contributed by atoms with Crippen LogP contribution in [0.3, 0.4) is 0 Å². The molecule has 102 valence electrons. The van der Waals surface area contributed by atoms with Crippen molar-refractivity contribution in [2.75, 3.05) is 26.9 Å². The quantitative estimate of drug-likeness (QED) is 0.427. The lowest BCUT2D eigenvalue weighted by Gasteiger charge is -2.03. The molecule has 0 aromatic heterocycles. The highest BCUT2D eigenvalue weighted by atomic mass is 16.5. The van der Waals surface area contributed by atoms with Gasteiger partial charge in [-0.2, -0.15) is 0 Å². The lowest BCUT2D eigenvalue weighted by Crippen LogP contribution is -2.34. The number of hydrogen-bond donors (Lipinski definition) is 4. The Balaban J connectivity index is 0. The number of hydrogen-bond acceptors (Lipinski definition) is 6. The third kappa shape index (κ3) is 12.7. The molecular formula is C9H20N2O6. The molecule has 0 saturated heterocycles. The third-order valence-electron chi connectivity index (χ3n) is 1.48. The van der Waals surface area contributed by atoms with Crippen molar-refractivity contribution in [3.8, 4) is 0 Å². The number of carboxylic acid groups (broad SMARTS) is 2. The predicted octanol–water partition coefficient (Wildman–Crippen LogP) is -1.52. The average Bonchev–Trinajstić information content (AvgIpc) is 2.26. The fourth-order valence-electron chi connectivity index (χ4n) is 0.567. The average molecular weight is 252 g/mol. The van der Waals surface area contributed by atoms with Gasteiger partial charge in [-0.3, -0.25) is 9.59 Å². The SMILES string of the molecule is CCOC[C@H](N)C(=O)O.COC[C@H](N)C(=O)O.